The first-order chi connectivity index (χ1) is 13.4. The largest absolute Gasteiger partial charge is 0.483 e. The Bertz CT molecular complexity index is 1070. The van der Waals surface area contributed by atoms with Crippen LogP contribution in [0.3, 0.4) is 0 Å². The number of nitrogens with zero attached hydrogens (tertiary/aromatic N) is 1. The zero-order valence-corrected chi connectivity index (χ0v) is 15.7. The summed E-state index contributed by atoms with van der Waals surface area (Å²) < 4.78 is 13.0. The Morgan fingerprint density at radius 2 is 2.00 bits per heavy atom. The molecule has 0 atom stereocenters. The third-order valence-corrected chi connectivity index (χ3v) is 4.42. The summed E-state index contributed by atoms with van der Waals surface area (Å²) in [6, 6.07) is 16.1. The monoisotopic (exact) mass is 379 g/mol. The van der Waals surface area contributed by atoms with Gasteiger partial charge in [-0.1, -0.05) is 30.3 Å². The van der Waals surface area contributed by atoms with Gasteiger partial charge in [0, 0.05) is 18.1 Å². The van der Waals surface area contributed by atoms with Crippen molar-refractivity contribution in [1.82, 2.24) is 9.78 Å². The standard InChI is InChI=1S/C21H21N3O4/c1-21(2)12-14-7-6-10-16(20(14)28-21)27-13-18(25)22-17-11-19(26)24(23-17)15-8-4-3-5-9-15/h3-11,23H,12-13H2,1-2H3,(H,22,25). The van der Waals surface area contributed by atoms with E-state index in [9.17, 15) is 9.59 Å². The summed E-state index contributed by atoms with van der Waals surface area (Å²) in [5.41, 5.74) is 1.19. The van der Waals surface area contributed by atoms with Crippen LogP contribution >= 0.6 is 0 Å². The molecule has 0 unspecified atom stereocenters. The summed E-state index contributed by atoms with van der Waals surface area (Å²) in [6.07, 6.45) is 0.792. The summed E-state index contributed by atoms with van der Waals surface area (Å²) >= 11 is 0. The molecule has 7 heteroatoms. The lowest BCUT2D eigenvalue weighted by molar-refractivity contribution is -0.118. The number of nitrogens with one attached hydrogen (secondary N) is 2. The molecule has 0 spiro atoms. The molecule has 0 radical (unpaired) electrons. The van der Waals surface area contributed by atoms with Crippen LogP contribution in [0.5, 0.6) is 11.5 Å². The van der Waals surface area contributed by atoms with Gasteiger partial charge in [-0.2, -0.15) is 0 Å². The van der Waals surface area contributed by atoms with Gasteiger partial charge in [-0.3, -0.25) is 14.7 Å². The summed E-state index contributed by atoms with van der Waals surface area (Å²) in [6.45, 7) is 3.83. The lowest BCUT2D eigenvalue weighted by atomic mass is 10.0. The highest BCUT2D eigenvalue weighted by atomic mass is 16.5. The molecule has 2 aromatic carbocycles. The molecule has 0 fully saturated rings. The van der Waals surface area contributed by atoms with Crippen LogP contribution in [0.1, 0.15) is 19.4 Å². The average molecular weight is 379 g/mol. The Morgan fingerprint density at radius 3 is 2.79 bits per heavy atom. The zero-order valence-electron chi connectivity index (χ0n) is 15.7. The number of aromatic nitrogens is 2. The van der Waals surface area contributed by atoms with Crippen molar-refractivity contribution in [3.8, 4) is 17.2 Å². The Balaban J connectivity index is 1.42. The molecule has 0 saturated heterocycles. The number of ether oxygens (including phenoxy) is 2. The van der Waals surface area contributed by atoms with Crippen LogP contribution in [-0.4, -0.2) is 27.9 Å². The average Bonchev–Trinajstić information content (AvgIpc) is 3.18. The number of H-pyrrole nitrogens is 1. The van der Waals surface area contributed by atoms with Gasteiger partial charge in [-0.15, -0.1) is 0 Å². The first kappa shape index (κ1) is 17.9. The Morgan fingerprint density at radius 1 is 1.21 bits per heavy atom. The van der Waals surface area contributed by atoms with Crippen LogP contribution in [-0.2, 0) is 11.2 Å². The summed E-state index contributed by atoms with van der Waals surface area (Å²) in [5, 5.41) is 5.52. The predicted octanol–water partition coefficient (Wildman–Crippen LogP) is 2.90. The number of carbonyl (C=O) groups is 1. The van der Waals surface area contributed by atoms with Gasteiger partial charge < -0.3 is 14.8 Å². The van der Waals surface area contributed by atoms with E-state index in [1.807, 2.05) is 44.2 Å². The van der Waals surface area contributed by atoms with Gasteiger partial charge in [0.15, 0.2) is 18.1 Å². The molecule has 28 heavy (non-hydrogen) atoms. The fourth-order valence-corrected chi connectivity index (χ4v) is 3.26. The fraction of sp³-hybridized carbons (Fsp3) is 0.238. The van der Waals surface area contributed by atoms with Gasteiger partial charge in [-0.25, -0.2) is 4.68 Å². The van der Waals surface area contributed by atoms with Crippen LogP contribution in [0.15, 0.2) is 59.4 Å². The van der Waals surface area contributed by atoms with E-state index >= 15 is 0 Å². The van der Waals surface area contributed by atoms with Crippen LogP contribution in [0.25, 0.3) is 5.69 Å². The number of fused-ring (bicyclic) bond motifs is 1. The number of rotatable bonds is 5. The molecule has 1 aliphatic heterocycles. The molecule has 3 aromatic rings. The minimum Gasteiger partial charge on any atom is -0.483 e. The third kappa shape index (κ3) is 3.64. The first-order valence-electron chi connectivity index (χ1n) is 9.02. The maximum Gasteiger partial charge on any atom is 0.273 e. The zero-order chi connectivity index (χ0) is 19.7. The number of aromatic amines is 1. The number of para-hydroxylation sites is 2. The van der Waals surface area contributed by atoms with Crippen molar-refractivity contribution in [3.63, 3.8) is 0 Å². The second-order valence-electron chi connectivity index (χ2n) is 7.30. The van der Waals surface area contributed by atoms with Crippen molar-refractivity contribution in [2.24, 2.45) is 0 Å². The highest BCUT2D eigenvalue weighted by Crippen LogP contribution is 2.41. The summed E-state index contributed by atoms with van der Waals surface area (Å²) in [7, 11) is 0. The molecule has 1 aromatic heterocycles. The maximum absolute atomic E-state index is 12.3. The molecule has 2 N–H and O–H groups in total. The Labute approximate surface area is 161 Å². The van der Waals surface area contributed by atoms with E-state index in [1.54, 1.807) is 18.2 Å². The molecule has 0 saturated carbocycles. The van der Waals surface area contributed by atoms with Crippen molar-refractivity contribution in [2.75, 3.05) is 11.9 Å². The minimum absolute atomic E-state index is 0.196. The summed E-state index contributed by atoms with van der Waals surface area (Å²) in [5.74, 6) is 1.15. The van der Waals surface area contributed by atoms with Crippen LogP contribution in [0.4, 0.5) is 5.82 Å². The van der Waals surface area contributed by atoms with Crippen molar-refractivity contribution in [3.05, 3.63) is 70.5 Å². The highest BCUT2D eigenvalue weighted by Gasteiger charge is 2.32. The topological polar surface area (TPSA) is 85.4 Å². The smallest absolute Gasteiger partial charge is 0.273 e. The van der Waals surface area contributed by atoms with Crippen molar-refractivity contribution in [1.29, 1.82) is 0 Å². The highest BCUT2D eigenvalue weighted by molar-refractivity contribution is 5.91. The van der Waals surface area contributed by atoms with E-state index in [2.05, 4.69) is 10.4 Å². The lowest BCUT2D eigenvalue weighted by Gasteiger charge is -2.18. The van der Waals surface area contributed by atoms with E-state index in [0.717, 1.165) is 12.0 Å². The van der Waals surface area contributed by atoms with Crippen LogP contribution in [0, 0.1) is 0 Å². The van der Waals surface area contributed by atoms with E-state index in [4.69, 9.17) is 9.47 Å². The number of anilines is 1. The van der Waals surface area contributed by atoms with Gasteiger partial charge in [0.25, 0.3) is 11.5 Å². The molecule has 2 heterocycles. The van der Waals surface area contributed by atoms with E-state index in [-0.39, 0.29) is 23.7 Å². The molecular formula is C21H21N3O4. The van der Waals surface area contributed by atoms with Gasteiger partial charge >= 0.3 is 0 Å². The third-order valence-electron chi connectivity index (χ3n) is 4.42. The molecular weight excluding hydrogens is 358 g/mol. The molecule has 144 valence electrons. The minimum atomic E-state index is -0.378. The molecule has 1 aliphatic rings. The Hall–Kier alpha value is -3.48. The lowest BCUT2D eigenvalue weighted by Crippen LogP contribution is -2.25. The molecule has 4 rings (SSSR count). The number of benzene rings is 2. The normalized spacial score (nSPS) is 14.2. The summed E-state index contributed by atoms with van der Waals surface area (Å²) in [4.78, 5) is 24.4. The predicted molar refractivity (Wildman–Crippen MR) is 105 cm³/mol. The van der Waals surface area contributed by atoms with E-state index in [0.29, 0.717) is 23.0 Å². The van der Waals surface area contributed by atoms with E-state index < -0.39 is 0 Å². The second-order valence-corrected chi connectivity index (χ2v) is 7.30. The van der Waals surface area contributed by atoms with Crippen LogP contribution in [0.2, 0.25) is 0 Å². The first-order valence-corrected chi connectivity index (χ1v) is 9.02. The number of carbonyl (C=O) groups excluding carboxylic acids is 1. The van der Waals surface area contributed by atoms with Gasteiger partial charge in [0.05, 0.1) is 5.69 Å². The molecule has 0 aliphatic carbocycles. The molecule has 0 bridgehead atoms. The van der Waals surface area contributed by atoms with Gasteiger partial charge in [-0.05, 0) is 32.0 Å². The quantitative estimate of drug-likeness (QED) is 0.714. The fourth-order valence-electron chi connectivity index (χ4n) is 3.26. The van der Waals surface area contributed by atoms with Gasteiger partial charge in [0.1, 0.15) is 11.4 Å². The van der Waals surface area contributed by atoms with Gasteiger partial charge in [0.2, 0.25) is 0 Å². The van der Waals surface area contributed by atoms with Crippen molar-refractivity contribution in [2.45, 2.75) is 25.9 Å². The second kappa shape index (κ2) is 6.92. The van der Waals surface area contributed by atoms with Crippen molar-refractivity contribution < 1.29 is 14.3 Å². The van der Waals surface area contributed by atoms with Crippen LogP contribution < -0.4 is 20.3 Å². The Kier molecular flexibility index (Phi) is 4.43. The number of amides is 1. The maximum atomic E-state index is 12.3. The SMILES string of the molecule is CC1(C)Cc2cccc(OCC(=O)Nc3cc(=O)n(-c4ccccc4)[nH]3)c2O1. The number of hydrogen-bond donors (Lipinski definition) is 2. The van der Waals surface area contributed by atoms with Crippen molar-refractivity contribution >= 4 is 11.7 Å². The van der Waals surface area contributed by atoms with E-state index in [1.165, 1.54) is 10.7 Å². The number of hydrogen-bond acceptors (Lipinski definition) is 4. The molecule has 1 amide bonds. The molecule has 7 nitrogen and oxygen atoms in total.